The molecule has 1 N–H and O–H groups in total. The van der Waals surface area contributed by atoms with Crippen molar-refractivity contribution in [1.82, 2.24) is 9.80 Å². The van der Waals surface area contributed by atoms with E-state index in [1.54, 1.807) is 31.2 Å². The third-order valence-corrected chi connectivity index (χ3v) is 5.24. The summed E-state index contributed by atoms with van der Waals surface area (Å²) in [7, 11) is 0. The van der Waals surface area contributed by atoms with Crippen molar-refractivity contribution in [2.24, 2.45) is 0 Å². The van der Waals surface area contributed by atoms with Gasteiger partial charge in [-0.2, -0.15) is 0 Å². The van der Waals surface area contributed by atoms with Crippen LogP contribution in [0.25, 0.3) is 0 Å². The first-order valence-corrected chi connectivity index (χ1v) is 9.04. The molecule has 1 aromatic rings. The second-order valence-corrected chi connectivity index (χ2v) is 6.88. The number of Topliss-reactive ketones (excluding diaryl/α,β-unsaturated/α-hetero) is 1. The van der Waals surface area contributed by atoms with Gasteiger partial charge in [0.25, 0.3) is 0 Å². The van der Waals surface area contributed by atoms with Gasteiger partial charge < -0.3 is 10.2 Å². The van der Waals surface area contributed by atoms with E-state index in [1.807, 2.05) is 4.90 Å². The van der Waals surface area contributed by atoms with E-state index in [0.29, 0.717) is 5.56 Å². The molecule has 1 saturated heterocycles. The summed E-state index contributed by atoms with van der Waals surface area (Å²) in [6.45, 7) is 5.06. The Labute approximate surface area is 144 Å². The maximum Gasteiger partial charge on any atom is 0.321 e. The van der Waals surface area contributed by atoms with Gasteiger partial charge in [0, 0.05) is 43.5 Å². The summed E-state index contributed by atoms with van der Waals surface area (Å²) in [5.74, 6) is 0.0340. The summed E-state index contributed by atoms with van der Waals surface area (Å²) in [6.07, 6.45) is 6.70. The number of carbonyl (C=O) groups is 2. The lowest BCUT2D eigenvalue weighted by molar-refractivity contribution is 0.0943. The lowest BCUT2D eigenvalue weighted by atomic mass is 9.94. The van der Waals surface area contributed by atoms with Crippen molar-refractivity contribution in [3.05, 3.63) is 29.8 Å². The van der Waals surface area contributed by atoms with Gasteiger partial charge in [-0.3, -0.25) is 9.69 Å². The first-order chi connectivity index (χ1) is 11.6. The van der Waals surface area contributed by atoms with Crippen LogP contribution in [0.3, 0.4) is 0 Å². The first-order valence-electron chi connectivity index (χ1n) is 9.04. The molecule has 0 unspecified atom stereocenters. The Morgan fingerprint density at radius 1 is 0.958 bits per heavy atom. The Hall–Kier alpha value is -1.88. The minimum Gasteiger partial charge on any atom is -0.322 e. The minimum absolute atomic E-state index is 0.0340. The fourth-order valence-corrected chi connectivity index (χ4v) is 3.73. The second-order valence-electron chi connectivity index (χ2n) is 6.88. The van der Waals surface area contributed by atoms with Crippen molar-refractivity contribution >= 4 is 17.5 Å². The van der Waals surface area contributed by atoms with Gasteiger partial charge in [0.05, 0.1) is 0 Å². The molecule has 0 bridgehead atoms. The molecule has 2 aliphatic rings. The normalized spacial score (nSPS) is 20.0. The topological polar surface area (TPSA) is 52.7 Å². The molecule has 1 aromatic carbocycles. The zero-order chi connectivity index (χ0) is 16.9. The van der Waals surface area contributed by atoms with E-state index < -0.39 is 0 Å². The standard InChI is InChI=1S/C19H27N3O2/c1-15(23)16-7-9-17(10-8-16)20-19(24)22-13-11-21(12-14-22)18-5-3-2-4-6-18/h7-10,18H,2-6,11-14H2,1H3,(H,20,24). The number of carbonyl (C=O) groups excluding carboxylic acids is 2. The number of nitrogens with zero attached hydrogens (tertiary/aromatic N) is 2. The molecule has 2 amide bonds. The number of piperazine rings is 1. The molecule has 0 spiro atoms. The summed E-state index contributed by atoms with van der Waals surface area (Å²) in [4.78, 5) is 28.1. The largest absolute Gasteiger partial charge is 0.322 e. The molecule has 5 nitrogen and oxygen atoms in total. The number of hydrogen-bond donors (Lipinski definition) is 1. The Bertz CT molecular complexity index is 571. The highest BCUT2D eigenvalue weighted by atomic mass is 16.2. The van der Waals surface area contributed by atoms with Gasteiger partial charge in [-0.15, -0.1) is 0 Å². The molecule has 1 aliphatic carbocycles. The number of nitrogens with one attached hydrogen (secondary N) is 1. The highest BCUT2D eigenvalue weighted by Gasteiger charge is 2.26. The van der Waals surface area contributed by atoms with E-state index in [0.717, 1.165) is 37.9 Å². The van der Waals surface area contributed by atoms with Crippen molar-refractivity contribution in [2.75, 3.05) is 31.5 Å². The Balaban J connectivity index is 1.48. The fourth-order valence-electron chi connectivity index (χ4n) is 3.73. The zero-order valence-corrected chi connectivity index (χ0v) is 14.5. The van der Waals surface area contributed by atoms with E-state index in [9.17, 15) is 9.59 Å². The SMILES string of the molecule is CC(=O)c1ccc(NC(=O)N2CCN(C3CCCCC3)CC2)cc1. The van der Waals surface area contributed by atoms with E-state index in [-0.39, 0.29) is 11.8 Å². The zero-order valence-electron chi connectivity index (χ0n) is 14.5. The molecule has 2 fully saturated rings. The number of benzene rings is 1. The summed E-state index contributed by atoms with van der Waals surface area (Å²) in [5, 5.41) is 2.93. The molecular weight excluding hydrogens is 302 g/mol. The number of urea groups is 1. The molecule has 0 aromatic heterocycles. The van der Waals surface area contributed by atoms with Crippen LogP contribution in [0.5, 0.6) is 0 Å². The van der Waals surface area contributed by atoms with Gasteiger partial charge in [-0.1, -0.05) is 19.3 Å². The first kappa shape index (κ1) is 17.0. The average molecular weight is 329 g/mol. The lowest BCUT2D eigenvalue weighted by Gasteiger charge is -2.40. The highest BCUT2D eigenvalue weighted by Crippen LogP contribution is 2.23. The van der Waals surface area contributed by atoms with Crippen LogP contribution in [0.2, 0.25) is 0 Å². The Kier molecular flexibility index (Phi) is 5.51. The number of hydrogen-bond acceptors (Lipinski definition) is 3. The fraction of sp³-hybridized carbons (Fsp3) is 0.579. The van der Waals surface area contributed by atoms with Gasteiger partial charge in [0.1, 0.15) is 0 Å². The van der Waals surface area contributed by atoms with Gasteiger partial charge in [-0.25, -0.2) is 4.79 Å². The smallest absolute Gasteiger partial charge is 0.321 e. The van der Waals surface area contributed by atoms with Crippen LogP contribution in [0.15, 0.2) is 24.3 Å². The summed E-state index contributed by atoms with van der Waals surface area (Å²) < 4.78 is 0. The minimum atomic E-state index is -0.0473. The molecule has 130 valence electrons. The van der Waals surface area contributed by atoms with Gasteiger partial charge in [0.15, 0.2) is 5.78 Å². The number of rotatable bonds is 3. The molecule has 0 radical (unpaired) electrons. The Morgan fingerprint density at radius 2 is 1.58 bits per heavy atom. The number of amides is 2. The van der Waals surface area contributed by atoms with Crippen molar-refractivity contribution in [2.45, 2.75) is 45.1 Å². The quantitative estimate of drug-likeness (QED) is 0.865. The predicted octanol–water partition coefficient (Wildman–Crippen LogP) is 3.37. The summed E-state index contributed by atoms with van der Waals surface area (Å²) in [6, 6.07) is 7.74. The molecule has 3 rings (SSSR count). The molecule has 1 aliphatic heterocycles. The van der Waals surface area contributed by atoms with Crippen molar-refractivity contribution < 1.29 is 9.59 Å². The number of anilines is 1. The molecular formula is C19H27N3O2. The van der Waals surface area contributed by atoms with Crippen LogP contribution in [0.1, 0.15) is 49.4 Å². The highest BCUT2D eigenvalue weighted by molar-refractivity contribution is 5.95. The van der Waals surface area contributed by atoms with Crippen LogP contribution in [-0.4, -0.2) is 53.8 Å². The average Bonchev–Trinajstić information content (AvgIpc) is 2.63. The van der Waals surface area contributed by atoms with Crippen molar-refractivity contribution in [3.63, 3.8) is 0 Å². The Morgan fingerprint density at radius 3 is 2.17 bits per heavy atom. The predicted molar refractivity (Wildman–Crippen MR) is 95.5 cm³/mol. The van der Waals surface area contributed by atoms with E-state index in [2.05, 4.69) is 10.2 Å². The maximum absolute atomic E-state index is 12.4. The molecule has 24 heavy (non-hydrogen) atoms. The summed E-state index contributed by atoms with van der Waals surface area (Å²) >= 11 is 0. The van der Waals surface area contributed by atoms with Crippen LogP contribution >= 0.6 is 0 Å². The van der Waals surface area contributed by atoms with Crippen LogP contribution in [-0.2, 0) is 0 Å². The lowest BCUT2D eigenvalue weighted by Crippen LogP contribution is -2.53. The van der Waals surface area contributed by atoms with Gasteiger partial charge in [-0.05, 0) is 44.0 Å². The third-order valence-electron chi connectivity index (χ3n) is 5.24. The van der Waals surface area contributed by atoms with Crippen LogP contribution in [0, 0.1) is 0 Å². The van der Waals surface area contributed by atoms with E-state index in [1.165, 1.54) is 32.1 Å². The molecule has 0 atom stereocenters. The molecule has 5 heteroatoms. The van der Waals surface area contributed by atoms with Crippen LogP contribution in [0.4, 0.5) is 10.5 Å². The van der Waals surface area contributed by atoms with Gasteiger partial charge in [0.2, 0.25) is 0 Å². The van der Waals surface area contributed by atoms with Crippen molar-refractivity contribution in [3.8, 4) is 0 Å². The monoisotopic (exact) mass is 329 g/mol. The molecule has 1 heterocycles. The molecule has 1 saturated carbocycles. The van der Waals surface area contributed by atoms with E-state index in [4.69, 9.17) is 0 Å². The second kappa shape index (κ2) is 7.79. The third kappa shape index (κ3) is 4.15. The van der Waals surface area contributed by atoms with Crippen LogP contribution < -0.4 is 5.32 Å². The summed E-state index contributed by atoms with van der Waals surface area (Å²) in [5.41, 5.74) is 1.40. The van der Waals surface area contributed by atoms with Crippen molar-refractivity contribution in [1.29, 1.82) is 0 Å². The maximum atomic E-state index is 12.4. The number of ketones is 1. The van der Waals surface area contributed by atoms with E-state index >= 15 is 0 Å². The van der Waals surface area contributed by atoms with Gasteiger partial charge >= 0.3 is 6.03 Å².